The van der Waals surface area contributed by atoms with Gasteiger partial charge in [-0.1, -0.05) is 0 Å². The topological polar surface area (TPSA) is 71.3 Å². The summed E-state index contributed by atoms with van der Waals surface area (Å²) in [6.45, 7) is 3.64. The van der Waals surface area contributed by atoms with E-state index in [9.17, 15) is 9.59 Å². The van der Waals surface area contributed by atoms with E-state index in [1.807, 2.05) is 13.8 Å². The highest BCUT2D eigenvalue weighted by atomic mass is 79.9. The molecule has 2 amide bonds. The predicted molar refractivity (Wildman–Crippen MR) is 62.0 cm³/mol. The van der Waals surface area contributed by atoms with Gasteiger partial charge in [0.25, 0.3) is 5.91 Å². The lowest BCUT2D eigenvalue weighted by Crippen LogP contribution is -2.39. The average molecular weight is 289 g/mol. The van der Waals surface area contributed by atoms with Crippen molar-refractivity contribution in [2.75, 3.05) is 6.54 Å². The summed E-state index contributed by atoms with van der Waals surface area (Å²) in [5.41, 5.74) is 0. The third-order valence-corrected chi connectivity index (χ3v) is 2.08. The summed E-state index contributed by atoms with van der Waals surface area (Å²) in [6, 6.07) is 3.20. The van der Waals surface area contributed by atoms with Crippen LogP contribution in [-0.4, -0.2) is 24.4 Å². The van der Waals surface area contributed by atoms with Crippen molar-refractivity contribution in [2.24, 2.45) is 0 Å². The maximum Gasteiger partial charge on any atom is 0.287 e. The van der Waals surface area contributed by atoms with E-state index in [2.05, 4.69) is 26.6 Å². The molecule has 88 valence electrons. The van der Waals surface area contributed by atoms with Gasteiger partial charge in [-0.2, -0.15) is 0 Å². The van der Waals surface area contributed by atoms with Crippen LogP contribution in [0, 0.1) is 0 Å². The summed E-state index contributed by atoms with van der Waals surface area (Å²) in [7, 11) is 0. The fourth-order valence-corrected chi connectivity index (χ4v) is 1.36. The molecule has 1 aromatic rings. The number of carbonyl (C=O) groups is 2. The SMILES string of the molecule is CC(C)NC(=O)CNC(=O)c1ccc(Br)o1. The van der Waals surface area contributed by atoms with Gasteiger partial charge in [-0.05, 0) is 41.9 Å². The minimum atomic E-state index is -0.412. The van der Waals surface area contributed by atoms with Gasteiger partial charge >= 0.3 is 0 Å². The molecule has 1 aromatic heterocycles. The Kier molecular flexibility index (Phi) is 4.54. The third kappa shape index (κ3) is 4.06. The van der Waals surface area contributed by atoms with Crippen molar-refractivity contribution in [3.05, 3.63) is 22.6 Å². The highest BCUT2D eigenvalue weighted by Crippen LogP contribution is 2.13. The fraction of sp³-hybridized carbons (Fsp3) is 0.400. The first kappa shape index (κ1) is 12.8. The predicted octanol–water partition coefficient (Wildman–Crippen LogP) is 1.30. The molecule has 1 heterocycles. The number of amides is 2. The first-order chi connectivity index (χ1) is 7.49. The Morgan fingerprint density at radius 2 is 2.12 bits per heavy atom. The molecule has 0 radical (unpaired) electrons. The Morgan fingerprint density at radius 1 is 1.44 bits per heavy atom. The molecule has 0 aliphatic carbocycles. The number of carbonyl (C=O) groups excluding carboxylic acids is 2. The monoisotopic (exact) mass is 288 g/mol. The molecular weight excluding hydrogens is 276 g/mol. The number of nitrogens with one attached hydrogen (secondary N) is 2. The van der Waals surface area contributed by atoms with E-state index in [0.29, 0.717) is 4.67 Å². The minimum absolute atomic E-state index is 0.0576. The average Bonchev–Trinajstić information content (AvgIpc) is 2.60. The van der Waals surface area contributed by atoms with Gasteiger partial charge in [0.05, 0.1) is 6.54 Å². The zero-order valence-electron chi connectivity index (χ0n) is 9.04. The van der Waals surface area contributed by atoms with Crippen molar-refractivity contribution in [3.63, 3.8) is 0 Å². The van der Waals surface area contributed by atoms with Crippen LogP contribution in [0.15, 0.2) is 21.2 Å². The maximum atomic E-state index is 11.4. The van der Waals surface area contributed by atoms with Crippen LogP contribution >= 0.6 is 15.9 Å². The van der Waals surface area contributed by atoms with Gasteiger partial charge < -0.3 is 15.1 Å². The Bertz CT molecular complexity index is 387. The highest BCUT2D eigenvalue weighted by Gasteiger charge is 2.11. The molecule has 16 heavy (non-hydrogen) atoms. The molecule has 0 unspecified atom stereocenters. The zero-order valence-corrected chi connectivity index (χ0v) is 10.6. The zero-order chi connectivity index (χ0) is 12.1. The second-order valence-corrected chi connectivity index (χ2v) is 4.29. The van der Waals surface area contributed by atoms with Crippen LogP contribution < -0.4 is 10.6 Å². The van der Waals surface area contributed by atoms with Gasteiger partial charge in [0, 0.05) is 6.04 Å². The number of hydrogen-bond acceptors (Lipinski definition) is 3. The third-order valence-electron chi connectivity index (χ3n) is 1.66. The molecule has 0 spiro atoms. The van der Waals surface area contributed by atoms with E-state index in [1.54, 1.807) is 6.07 Å². The molecule has 1 rings (SSSR count). The fourth-order valence-electron chi connectivity index (χ4n) is 1.06. The van der Waals surface area contributed by atoms with E-state index in [0.717, 1.165) is 0 Å². The molecule has 5 nitrogen and oxygen atoms in total. The van der Waals surface area contributed by atoms with Crippen molar-refractivity contribution in [3.8, 4) is 0 Å². The minimum Gasteiger partial charge on any atom is -0.444 e. The molecule has 0 saturated carbocycles. The van der Waals surface area contributed by atoms with Crippen LogP contribution in [0.4, 0.5) is 0 Å². The van der Waals surface area contributed by atoms with Gasteiger partial charge in [0.1, 0.15) is 0 Å². The molecule has 0 bridgehead atoms. The first-order valence-electron chi connectivity index (χ1n) is 4.82. The molecule has 0 aliphatic rings. The van der Waals surface area contributed by atoms with E-state index in [-0.39, 0.29) is 24.3 Å². The molecule has 6 heteroatoms. The Hall–Kier alpha value is -1.30. The van der Waals surface area contributed by atoms with Crippen molar-refractivity contribution < 1.29 is 14.0 Å². The number of furan rings is 1. The Labute approximate surface area is 102 Å². The maximum absolute atomic E-state index is 11.4. The smallest absolute Gasteiger partial charge is 0.287 e. The quantitative estimate of drug-likeness (QED) is 0.877. The van der Waals surface area contributed by atoms with E-state index in [1.165, 1.54) is 6.07 Å². The van der Waals surface area contributed by atoms with Crippen LogP contribution in [0.3, 0.4) is 0 Å². The second-order valence-electron chi connectivity index (χ2n) is 3.51. The van der Waals surface area contributed by atoms with E-state index < -0.39 is 5.91 Å². The summed E-state index contributed by atoms with van der Waals surface area (Å²) in [5.74, 6) is -0.470. The summed E-state index contributed by atoms with van der Waals surface area (Å²) in [6.07, 6.45) is 0. The van der Waals surface area contributed by atoms with Gasteiger partial charge in [0.15, 0.2) is 10.4 Å². The molecule has 0 aliphatic heterocycles. The summed E-state index contributed by atoms with van der Waals surface area (Å²) >= 11 is 3.09. The first-order valence-corrected chi connectivity index (χ1v) is 5.61. The lowest BCUT2D eigenvalue weighted by atomic mass is 10.4. The van der Waals surface area contributed by atoms with Crippen LogP contribution in [0.2, 0.25) is 0 Å². The van der Waals surface area contributed by atoms with Crippen molar-refractivity contribution in [1.82, 2.24) is 10.6 Å². The largest absolute Gasteiger partial charge is 0.444 e. The molecule has 2 N–H and O–H groups in total. The van der Waals surface area contributed by atoms with E-state index >= 15 is 0 Å². The van der Waals surface area contributed by atoms with Crippen LogP contribution in [0.1, 0.15) is 24.4 Å². The highest BCUT2D eigenvalue weighted by molar-refractivity contribution is 9.10. The summed E-state index contributed by atoms with van der Waals surface area (Å²) < 4.78 is 5.51. The van der Waals surface area contributed by atoms with Crippen molar-refractivity contribution >= 4 is 27.7 Å². The van der Waals surface area contributed by atoms with Crippen LogP contribution in [0.25, 0.3) is 0 Å². The van der Waals surface area contributed by atoms with E-state index in [4.69, 9.17) is 4.42 Å². The lowest BCUT2D eigenvalue weighted by molar-refractivity contribution is -0.120. The molecule has 0 fully saturated rings. The van der Waals surface area contributed by atoms with Gasteiger partial charge in [-0.3, -0.25) is 9.59 Å². The Morgan fingerprint density at radius 3 is 2.62 bits per heavy atom. The standard InChI is InChI=1S/C10H13BrN2O3/c1-6(2)13-9(14)5-12-10(15)7-3-4-8(11)16-7/h3-4,6H,5H2,1-2H3,(H,12,15)(H,13,14). The van der Waals surface area contributed by atoms with Crippen molar-refractivity contribution in [1.29, 1.82) is 0 Å². The van der Waals surface area contributed by atoms with Crippen molar-refractivity contribution in [2.45, 2.75) is 19.9 Å². The number of hydrogen-bond donors (Lipinski definition) is 2. The normalized spacial score (nSPS) is 10.2. The number of rotatable bonds is 4. The molecule has 0 atom stereocenters. The Balaban J connectivity index is 2.38. The number of halogens is 1. The van der Waals surface area contributed by atoms with Gasteiger partial charge in [-0.15, -0.1) is 0 Å². The molecule has 0 saturated heterocycles. The second kappa shape index (κ2) is 5.69. The summed E-state index contributed by atoms with van der Waals surface area (Å²) in [4.78, 5) is 22.7. The van der Waals surface area contributed by atoms with Crippen LogP contribution in [-0.2, 0) is 4.79 Å². The van der Waals surface area contributed by atoms with Gasteiger partial charge in [0.2, 0.25) is 5.91 Å². The van der Waals surface area contributed by atoms with Gasteiger partial charge in [-0.25, -0.2) is 0 Å². The molecule has 0 aromatic carbocycles. The van der Waals surface area contributed by atoms with Crippen LogP contribution in [0.5, 0.6) is 0 Å². The lowest BCUT2D eigenvalue weighted by Gasteiger charge is -2.08. The molecular formula is C10H13BrN2O3. The summed E-state index contributed by atoms with van der Waals surface area (Å²) in [5, 5.41) is 5.11.